The summed E-state index contributed by atoms with van der Waals surface area (Å²) in [4.78, 5) is 0. The third kappa shape index (κ3) is 3.06. The number of rotatable bonds is 2. The van der Waals surface area contributed by atoms with Gasteiger partial charge in [0.05, 0.1) is 7.11 Å². The molecule has 1 aliphatic carbocycles. The van der Waals surface area contributed by atoms with Crippen LogP contribution in [0, 0.1) is 5.41 Å². The maximum Gasteiger partial charge on any atom is 0.115 e. The Morgan fingerprint density at radius 2 is 2.38 bits per heavy atom. The Morgan fingerprint density at radius 3 is 2.92 bits per heavy atom. The number of ether oxygens (including phenoxy) is 1. The number of allylic oxidation sites excluding steroid dienone is 4. The molecule has 1 rings (SSSR count). The lowest BCUT2D eigenvalue weighted by atomic mass is 10.1. The molecule has 0 saturated heterocycles. The van der Waals surface area contributed by atoms with E-state index in [-0.39, 0.29) is 5.84 Å². The lowest BCUT2D eigenvalue weighted by Gasteiger charge is -2.12. The molecule has 0 amide bonds. The fourth-order valence-corrected chi connectivity index (χ4v) is 1.65. The van der Waals surface area contributed by atoms with Crippen LogP contribution >= 0.6 is 15.9 Å². The van der Waals surface area contributed by atoms with Crippen LogP contribution in [0.2, 0.25) is 0 Å². The van der Waals surface area contributed by atoms with Crippen LogP contribution in [0.4, 0.5) is 0 Å². The van der Waals surface area contributed by atoms with Gasteiger partial charge in [0.1, 0.15) is 11.6 Å². The fraction of sp³-hybridized carbons (Fsp3) is 0.222. The number of hydrogen-bond donors (Lipinski definition) is 2. The topological polar surface area (TPSA) is 59.1 Å². The molecule has 0 spiro atoms. The van der Waals surface area contributed by atoms with Crippen LogP contribution in [0.25, 0.3) is 0 Å². The van der Waals surface area contributed by atoms with Gasteiger partial charge >= 0.3 is 0 Å². The molecule has 4 heteroatoms. The summed E-state index contributed by atoms with van der Waals surface area (Å²) in [5, 5.41) is 7.12. The van der Waals surface area contributed by atoms with Gasteiger partial charge in [0.2, 0.25) is 0 Å². The lowest BCUT2D eigenvalue weighted by Crippen LogP contribution is -2.07. The molecule has 0 aromatic rings. The van der Waals surface area contributed by atoms with Crippen molar-refractivity contribution in [3.05, 3.63) is 34.0 Å². The van der Waals surface area contributed by atoms with Gasteiger partial charge in [0.25, 0.3) is 0 Å². The summed E-state index contributed by atoms with van der Waals surface area (Å²) in [5.74, 6) is 0.922. The Kier molecular flexibility index (Phi) is 3.31. The maximum atomic E-state index is 7.12. The molecule has 0 atom stereocenters. The molecule has 0 heterocycles. The molecule has 0 fully saturated rings. The van der Waals surface area contributed by atoms with Gasteiger partial charge in [-0.15, -0.1) is 0 Å². The summed E-state index contributed by atoms with van der Waals surface area (Å²) in [7, 11) is 1.63. The normalized spacial score (nSPS) is 19.4. The third-order valence-electron chi connectivity index (χ3n) is 1.60. The standard InChI is InChI=1S/C9H11BrN2O/c1-13-8-3-6(4-9(11)12)2-7(10)5-8/h2,4-5H,3H2,1H3,(H3,11,12)/b6-4-. The van der Waals surface area contributed by atoms with E-state index >= 15 is 0 Å². The number of amidine groups is 1. The summed E-state index contributed by atoms with van der Waals surface area (Å²) >= 11 is 3.35. The summed E-state index contributed by atoms with van der Waals surface area (Å²) in [6, 6.07) is 0. The zero-order valence-electron chi connectivity index (χ0n) is 7.30. The Morgan fingerprint density at radius 1 is 1.69 bits per heavy atom. The van der Waals surface area contributed by atoms with Gasteiger partial charge in [-0.3, -0.25) is 5.41 Å². The van der Waals surface area contributed by atoms with Crippen LogP contribution < -0.4 is 5.73 Å². The molecule has 0 bridgehead atoms. The van der Waals surface area contributed by atoms with Crippen molar-refractivity contribution in [2.24, 2.45) is 5.73 Å². The van der Waals surface area contributed by atoms with Crippen LogP contribution in [-0.2, 0) is 4.74 Å². The number of nitrogens with two attached hydrogens (primary N) is 1. The van der Waals surface area contributed by atoms with Gasteiger partial charge in [0.15, 0.2) is 0 Å². The fourth-order valence-electron chi connectivity index (χ4n) is 1.10. The Bertz CT molecular complexity index is 316. The van der Waals surface area contributed by atoms with Gasteiger partial charge < -0.3 is 10.5 Å². The maximum absolute atomic E-state index is 7.12. The Balaban J connectivity index is 2.86. The molecular formula is C9H11BrN2O. The average molecular weight is 243 g/mol. The van der Waals surface area contributed by atoms with Crippen LogP contribution in [0.1, 0.15) is 6.42 Å². The quantitative estimate of drug-likeness (QED) is 0.576. The van der Waals surface area contributed by atoms with E-state index in [1.54, 1.807) is 13.2 Å². The largest absolute Gasteiger partial charge is 0.501 e. The molecule has 3 nitrogen and oxygen atoms in total. The van der Waals surface area contributed by atoms with Crippen molar-refractivity contribution in [1.29, 1.82) is 5.41 Å². The highest BCUT2D eigenvalue weighted by Gasteiger charge is 2.07. The van der Waals surface area contributed by atoms with Crippen molar-refractivity contribution < 1.29 is 4.74 Å². The summed E-state index contributed by atoms with van der Waals surface area (Å²) in [6.07, 6.45) is 6.12. The molecule has 0 unspecified atom stereocenters. The van der Waals surface area contributed by atoms with Crippen molar-refractivity contribution in [3.63, 3.8) is 0 Å². The van der Waals surface area contributed by atoms with Crippen LogP contribution in [0.3, 0.4) is 0 Å². The van der Waals surface area contributed by atoms with E-state index in [4.69, 9.17) is 15.9 Å². The highest BCUT2D eigenvalue weighted by Crippen LogP contribution is 2.25. The number of halogens is 1. The van der Waals surface area contributed by atoms with E-state index in [9.17, 15) is 0 Å². The molecule has 1 aliphatic rings. The Labute approximate surface area is 85.6 Å². The predicted molar refractivity (Wildman–Crippen MR) is 56.7 cm³/mol. The first kappa shape index (κ1) is 10.1. The van der Waals surface area contributed by atoms with E-state index in [1.165, 1.54) is 0 Å². The van der Waals surface area contributed by atoms with Gasteiger partial charge in [-0.1, -0.05) is 15.9 Å². The summed E-state index contributed by atoms with van der Waals surface area (Å²) < 4.78 is 6.04. The van der Waals surface area contributed by atoms with Gasteiger partial charge in [0, 0.05) is 10.9 Å². The lowest BCUT2D eigenvalue weighted by molar-refractivity contribution is 0.283. The molecule has 0 radical (unpaired) electrons. The summed E-state index contributed by atoms with van der Waals surface area (Å²) in [6.45, 7) is 0. The van der Waals surface area contributed by atoms with E-state index in [1.807, 2.05) is 12.2 Å². The minimum absolute atomic E-state index is 0.0592. The first-order valence-electron chi connectivity index (χ1n) is 3.78. The van der Waals surface area contributed by atoms with Gasteiger partial charge in [-0.2, -0.15) is 0 Å². The second-order valence-corrected chi connectivity index (χ2v) is 3.61. The number of nitrogens with one attached hydrogen (secondary N) is 1. The van der Waals surface area contributed by atoms with Gasteiger partial charge in [-0.05, 0) is 23.8 Å². The van der Waals surface area contributed by atoms with Crippen LogP contribution in [-0.4, -0.2) is 12.9 Å². The Hall–Kier alpha value is -1.03. The zero-order valence-corrected chi connectivity index (χ0v) is 8.89. The molecule has 0 aliphatic heterocycles. The van der Waals surface area contributed by atoms with E-state index in [2.05, 4.69) is 15.9 Å². The number of hydrogen-bond acceptors (Lipinski definition) is 2. The number of methoxy groups -OCH3 is 1. The second kappa shape index (κ2) is 4.28. The van der Waals surface area contributed by atoms with Crippen molar-refractivity contribution >= 4 is 21.8 Å². The highest BCUT2D eigenvalue weighted by atomic mass is 79.9. The van der Waals surface area contributed by atoms with Crippen molar-refractivity contribution in [2.45, 2.75) is 6.42 Å². The molecule has 0 saturated carbocycles. The predicted octanol–water partition coefficient (Wildman–Crippen LogP) is 2.06. The molecule has 0 aromatic carbocycles. The van der Waals surface area contributed by atoms with Crippen LogP contribution in [0.15, 0.2) is 34.0 Å². The zero-order chi connectivity index (χ0) is 9.84. The minimum Gasteiger partial charge on any atom is -0.501 e. The van der Waals surface area contributed by atoms with Crippen molar-refractivity contribution in [2.75, 3.05) is 7.11 Å². The molecule has 0 aromatic heterocycles. The van der Waals surface area contributed by atoms with E-state index in [0.717, 1.165) is 15.8 Å². The molecular weight excluding hydrogens is 232 g/mol. The monoisotopic (exact) mass is 242 g/mol. The SMILES string of the molecule is COC1=CC(Br)=C/C(=C/C(=N)N)C1. The molecule has 13 heavy (non-hydrogen) atoms. The smallest absolute Gasteiger partial charge is 0.115 e. The van der Waals surface area contributed by atoms with Crippen molar-refractivity contribution in [3.8, 4) is 0 Å². The first-order chi connectivity index (χ1) is 6.11. The first-order valence-corrected chi connectivity index (χ1v) is 4.57. The van der Waals surface area contributed by atoms with Crippen molar-refractivity contribution in [1.82, 2.24) is 0 Å². The van der Waals surface area contributed by atoms with Crippen LogP contribution in [0.5, 0.6) is 0 Å². The second-order valence-electron chi connectivity index (χ2n) is 2.70. The van der Waals surface area contributed by atoms with Gasteiger partial charge in [-0.25, -0.2) is 0 Å². The molecule has 70 valence electrons. The summed E-state index contributed by atoms with van der Waals surface area (Å²) in [5.41, 5.74) is 6.23. The van der Waals surface area contributed by atoms with E-state index < -0.39 is 0 Å². The minimum atomic E-state index is 0.0592. The third-order valence-corrected chi connectivity index (χ3v) is 2.06. The average Bonchev–Trinajstić information content (AvgIpc) is 2.01. The molecule has 3 N–H and O–H groups in total. The highest BCUT2D eigenvalue weighted by molar-refractivity contribution is 9.11. The van der Waals surface area contributed by atoms with E-state index in [0.29, 0.717) is 6.42 Å².